The van der Waals surface area contributed by atoms with Crippen LogP contribution in [0.1, 0.15) is 57.8 Å². The van der Waals surface area contributed by atoms with Crippen molar-refractivity contribution in [3.8, 4) is 0 Å². The van der Waals surface area contributed by atoms with Crippen molar-refractivity contribution in [3.05, 3.63) is 0 Å². The van der Waals surface area contributed by atoms with Crippen LogP contribution < -0.4 is 5.32 Å². The summed E-state index contributed by atoms with van der Waals surface area (Å²) in [4.78, 5) is 26.1. The van der Waals surface area contributed by atoms with Gasteiger partial charge in [0.05, 0.1) is 5.92 Å². The molecule has 120 valence electrons. The average molecular weight is 296 g/mol. The molecule has 21 heavy (non-hydrogen) atoms. The summed E-state index contributed by atoms with van der Waals surface area (Å²) in [6.07, 6.45) is 8.81. The molecular weight excluding hydrogens is 268 g/mol. The summed E-state index contributed by atoms with van der Waals surface area (Å²) in [5.74, 6) is 0.0338. The normalized spacial score (nSPS) is 23.0. The van der Waals surface area contributed by atoms with Gasteiger partial charge in [0.15, 0.2) is 0 Å². The molecule has 1 aliphatic carbocycles. The summed E-state index contributed by atoms with van der Waals surface area (Å²) in [6.45, 7) is 1.53. The fraction of sp³-hybridized carbons (Fsp3) is 0.875. The molecule has 2 N–H and O–H groups in total. The Morgan fingerprint density at radius 1 is 1.19 bits per heavy atom. The molecule has 0 radical (unpaired) electrons. The molecule has 1 aliphatic heterocycles. The first kappa shape index (κ1) is 16.3. The van der Waals surface area contributed by atoms with Crippen molar-refractivity contribution in [1.29, 1.82) is 0 Å². The lowest BCUT2D eigenvalue weighted by molar-refractivity contribution is -0.130. The number of hydrogen-bond acceptors (Lipinski definition) is 3. The SMILES string of the molecule is O=C(NCCCCCCO)C1CC(=O)N(C2CCCC2)C1. The molecule has 0 spiro atoms. The predicted molar refractivity (Wildman–Crippen MR) is 80.6 cm³/mol. The molecule has 2 rings (SSSR count). The summed E-state index contributed by atoms with van der Waals surface area (Å²) in [5.41, 5.74) is 0. The van der Waals surface area contributed by atoms with Crippen LogP contribution in [0, 0.1) is 5.92 Å². The minimum atomic E-state index is -0.157. The van der Waals surface area contributed by atoms with E-state index >= 15 is 0 Å². The smallest absolute Gasteiger partial charge is 0.225 e. The third-order valence-corrected chi connectivity index (χ3v) is 4.68. The largest absolute Gasteiger partial charge is 0.396 e. The highest BCUT2D eigenvalue weighted by Crippen LogP contribution is 2.29. The molecular formula is C16H28N2O3. The van der Waals surface area contributed by atoms with Gasteiger partial charge in [-0.2, -0.15) is 0 Å². The molecule has 0 bridgehead atoms. The zero-order valence-electron chi connectivity index (χ0n) is 12.9. The van der Waals surface area contributed by atoms with Crippen LogP contribution in [0.5, 0.6) is 0 Å². The topological polar surface area (TPSA) is 69.6 Å². The van der Waals surface area contributed by atoms with Gasteiger partial charge in [0, 0.05) is 32.2 Å². The minimum Gasteiger partial charge on any atom is -0.396 e. The van der Waals surface area contributed by atoms with Crippen molar-refractivity contribution in [1.82, 2.24) is 10.2 Å². The second kappa shape index (κ2) is 8.37. The lowest BCUT2D eigenvalue weighted by Gasteiger charge is -2.23. The summed E-state index contributed by atoms with van der Waals surface area (Å²) in [6, 6.07) is 0.383. The Hall–Kier alpha value is -1.10. The highest BCUT2D eigenvalue weighted by atomic mass is 16.3. The Morgan fingerprint density at radius 3 is 2.62 bits per heavy atom. The van der Waals surface area contributed by atoms with Crippen LogP contribution in [0.25, 0.3) is 0 Å². The van der Waals surface area contributed by atoms with Crippen molar-refractivity contribution >= 4 is 11.8 Å². The first-order valence-electron chi connectivity index (χ1n) is 8.40. The predicted octanol–water partition coefficient (Wildman–Crippen LogP) is 1.45. The van der Waals surface area contributed by atoms with Gasteiger partial charge in [0.1, 0.15) is 0 Å². The van der Waals surface area contributed by atoms with Crippen LogP contribution in [0.2, 0.25) is 0 Å². The van der Waals surface area contributed by atoms with Crippen molar-refractivity contribution in [2.45, 2.75) is 63.8 Å². The molecule has 1 saturated heterocycles. The fourth-order valence-corrected chi connectivity index (χ4v) is 3.42. The third kappa shape index (κ3) is 4.70. The molecule has 5 nitrogen and oxygen atoms in total. The molecule has 2 amide bonds. The van der Waals surface area contributed by atoms with E-state index in [4.69, 9.17) is 5.11 Å². The van der Waals surface area contributed by atoms with Gasteiger partial charge in [-0.3, -0.25) is 9.59 Å². The number of likely N-dealkylation sites (tertiary alicyclic amines) is 1. The molecule has 0 aromatic rings. The van der Waals surface area contributed by atoms with Crippen molar-refractivity contribution in [2.24, 2.45) is 5.92 Å². The van der Waals surface area contributed by atoms with Crippen LogP contribution in [-0.4, -0.2) is 47.6 Å². The molecule has 1 saturated carbocycles. The Morgan fingerprint density at radius 2 is 1.90 bits per heavy atom. The van der Waals surface area contributed by atoms with E-state index < -0.39 is 0 Å². The number of nitrogens with one attached hydrogen (secondary N) is 1. The van der Waals surface area contributed by atoms with Gasteiger partial charge in [0.25, 0.3) is 0 Å². The maximum Gasteiger partial charge on any atom is 0.225 e. The second-order valence-corrected chi connectivity index (χ2v) is 6.31. The van der Waals surface area contributed by atoms with E-state index in [0.717, 1.165) is 38.5 Å². The van der Waals surface area contributed by atoms with E-state index in [1.54, 1.807) is 0 Å². The van der Waals surface area contributed by atoms with Gasteiger partial charge in [-0.25, -0.2) is 0 Å². The zero-order chi connectivity index (χ0) is 15.1. The lowest BCUT2D eigenvalue weighted by Crippen LogP contribution is -2.37. The number of aliphatic hydroxyl groups excluding tert-OH is 1. The summed E-state index contributed by atoms with van der Waals surface area (Å²) >= 11 is 0. The summed E-state index contributed by atoms with van der Waals surface area (Å²) in [5, 5.41) is 11.6. The number of amides is 2. The molecule has 0 aromatic carbocycles. The number of unbranched alkanes of at least 4 members (excludes halogenated alkanes) is 3. The standard InChI is InChI=1S/C16H28N2O3/c19-10-6-2-1-5-9-17-16(21)13-11-15(20)18(12-13)14-7-3-4-8-14/h13-14,19H,1-12H2,(H,17,21). The third-order valence-electron chi connectivity index (χ3n) is 4.68. The van der Waals surface area contributed by atoms with Gasteiger partial charge in [0.2, 0.25) is 11.8 Å². The van der Waals surface area contributed by atoms with Crippen LogP contribution >= 0.6 is 0 Å². The second-order valence-electron chi connectivity index (χ2n) is 6.31. The first-order chi connectivity index (χ1) is 10.2. The molecule has 0 aromatic heterocycles. The Kier molecular flexibility index (Phi) is 6.49. The number of nitrogens with zero attached hydrogens (tertiary/aromatic N) is 1. The molecule has 2 fully saturated rings. The highest BCUT2D eigenvalue weighted by Gasteiger charge is 2.38. The number of carbonyl (C=O) groups is 2. The van der Waals surface area contributed by atoms with Crippen molar-refractivity contribution in [3.63, 3.8) is 0 Å². The highest BCUT2D eigenvalue weighted by molar-refractivity contribution is 5.89. The van der Waals surface area contributed by atoms with E-state index in [-0.39, 0.29) is 24.3 Å². The van der Waals surface area contributed by atoms with Crippen molar-refractivity contribution in [2.75, 3.05) is 19.7 Å². The van der Waals surface area contributed by atoms with Crippen LogP contribution in [0.4, 0.5) is 0 Å². The van der Waals surface area contributed by atoms with Crippen LogP contribution in [0.3, 0.4) is 0 Å². The molecule has 1 unspecified atom stereocenters. The maximum absolute atomic E-state index is 12.1. The number of hydrogen-bond donors (Lipinski definition) is 2. The Balaban J connectivity index is 1.65. The molecule has 1 heterocycles. The average Bonchev–Trinajstić information content (AvgIpc) is 3.11. The zero-order valence-corrected chi connectivity index (χ0v) is 12.9. The van der Waals surface area contributed by atoms with Crippen molar-refractivity contribution < 1.29 is 14.7 Å². The lowest BCUT2D eigenvalue weighted by atomic mass is 10.1. The van der Waals surface area contributed by atoms with E-state index in [2.05, 4.69) is 5.32 Å². The van der Waals surface area contributed by atoms with E-state index in [1.807, 2.05) is 4.90 Å². The van der Waals surface area contributed by atoms with E-state index in [0.29, 0.717) is 25.6 Å². The van der Waals surface area contributed by atoms with E-state index in [9.17, 15) is 9.59 Å². The minimum absolute atomic E-state index is 0.0333. The van der Waals surface area contributed by atoms with Gasteiger partial charge in [-0.1, -0.05) is 25.7 Å². The molecule has 1 atom stereocenters. The number of rotatable bonds is 8. The number of carbonyl (C=O) groups excluding carboxylic acids is 2. The Bertz CT molecular complexity index is 353. The van der Waals surface area contributed by atoms with Gasteiger partial charge in [-0.05, 0) is 25.7 Å². The van der Waals surface area contributed by atoms with Gasteiger partial charge < -0.3 is 15.3 Å². The quantitative estimate of drug-likeness (QED) is 0.666. The monoisotopic (exact) mass is 296 g/mol. The van der Waals surface area contributed by atoms with Gasteiger partial charge >= 0.3 is 0 Å². The van der Waals surface area contributed by atoms with E-state index in [1.165, 1.54) is 12.8 Å². The molecule has 2 aliphatic rings. The summed E-state index contributed by atoms with van der Waals surface area (Å²) in [7, 11) is 0. The fourth-order valence-electron chi connectivity index (χ4n) is 3.42. The summed E-state index contributed by atoms with van der Waals surface area (Å²) < 4.78 is 0. The number of aliphatic hydroxyl groups is 1. The van der Waals surface area contributed by atoms with Crippen LogP contribution in [-0.2, 0) is 9.59 Å². The maximum atomic E-state index is 12.1. The Labute approximate surface area is 127 Å². The van der Waals surface area contributed by atoms with Gasteiger partial charge in [-0.15, -0.1) is 0 Å². The van der Waals surface area contributed by atoms with Crippen LogP contribution in [0.15, 0.2) is 0 Å². The first-order valence-corrected chi connectivity index (χ1v) is 8.40. The molecule has 5 heteroatoms.